The summed E-state index contributed by atoms with van der Waals surface area (Å²) in [7, 11) is 1.62. The maximum absolute atomic E-state index is 13.3. The predicted molar refractivity (Wildman–Crippen MR) is 99.3 cm³/mol. The molecule has 3 aromatic carbocycles. The molecular formula is C22H22F2NO2+. The summed E-state index contributed by atoms with van der Waals surface area (Å²) in [5, 5.41) is 13.4. The van der Waals surface area contributed by atoms with Crippen molar-refractivity contribution in [2.24, 2.45) is 0 Å². The van der Waals surface area contributed by atoms with E-state index in [2.05, 4.69) is 0 Å². The third-order valence-electron chi connectivity index (χ3n) is 4.64. The largest absolute Gasteiger partial charge is 0.496 e. The van der Waals surface area contributed by atoms with Gasteiger partial charge in [-0.25, -0.2) is 8.78 Å². The Kier molecular flexibility index (Phi) is 5.84. The normalized spacial score (nSPS) is 11.4. The smallest absolute Gasteiger partial charge is 0.163 e. The number of benzene rings is 3. The standard InChI is InChI=1S/C22H21F2NO2/c1-27-21-5-3-2-4-16(21)14-25-15-22(26,17-6-10-19(23)11-7-17)18-8-12-20(24)13-9-18/h2-13,25-26H,14-15H2,1H3/p+1. The van der Waals surface area contributed by atoms with Gasteiger partial charge in [0.15, 0.2) is 5.60 Å². The number of aliphatic hydroxyl groups is 1. The Balaban J connectivity index is 1.86. The SMILES string of the molecule is COc1ccccc1C[NH2+]CC(O)(c1ccc(F)cc1)c1ccc(F)cc1. The third-order valence-corrected chi connectivity index (χ3v) is 4.64. The van der Waals surface area contributed by atoms with Gasteiger partial charge in [-0.2, -0.15) is 0 Å². The lowest BCUT2D eigenvalue weighted by molar-refractivity contribution is -0.682. The van der Waals surface area contributed by atoms with E-state index in [4.69, 9.17) is 4.74 Å². The minimum atomic E-state index is -1.39. The van der Waals surface area contributed by atoms with Crippen molar-refractivity contribution in [3.63, 3.8) is 0 Å². The van der Waals surface area contributed by atoms with Crippen LogP contribution in [0.1, 0.15) is 16.7 Å². The molecule has 0 aliphatic carbocycles. The van der Waals surface area contributed by atoms with Crippen LogP contribution in [0.2, 0.25) is 0 Å². The number of halogens is 2. The number of rotatable bonds is 7. The predicted octanol–water partition coefficient (Wildman–Crippen LogP) is 2.97. The monoisotopic (exact) mass is 370 g/mol. The summed E-state index contributed by atoms with van der Waals surface area (Å²) in [4.78, 5) is 0. The van der Waals surface area contributed by atoms with Crippen molar-refractivity contribution in [2.75, 3.05) is 13.7 Å². The highest BCUT2D eigenvalue weighted by Gasteiger charge is 2.34. The minimum absolute atomic E-state index is 0.280. The summed E-state index contributed by atoms with van der Waals surface area (Å²) in [6.45, 7) is 0.872. The molecule has 0 amide bonds. The van der Waals surface area contributed by atoms with Gasteiger partial charge in [0.1, 0.15) is 30.5 Å². The van der Waals surface area contributed by atoms with Crippen LogP contribution >= 0.6 is 0 Å². The molecule has 0 heterocycles. The fourth-order valence-electron chi connectivity index (χ4n) is 3.16. The molecule has 140 valence electrons. The number of hydrogen-bond acceptors (Lipinski definition) is 2. The van der Waals surface area contributed by atoms with E-state index in [0.717, 1.165) is 11.3 Å². The average Bonchev–Trinajstić information content (AvgIpc) is 2.69. The lowest BCUT2D eigenvalue weighted by Crippen LogP contribution is -2.86. The van der Waals surface area contributed by atoms with Gasteiger partial charge in [-0.3, -0.25) is 0 Å². The van der Waals surface area contributed by atoms with E-state index < -0.39 is 5.60 Å². The van der Waals surface area contributed by atoms with Gasteiger partial charge in [-0.1, -0.05) is 36.4 Å². The van der Waals surface area contributed by atoms with Gasteiger partial charge in [0.25, 0.3) is 0 Å². The molecule has 0 aromatic heterocycles. The number of nitrogens with two attached hydrogens (primary N) is 1. The van der Waals surface area contributed by atoms with Crippen LogP contribution in [0, 0.1) is 11.6 Å². The zero-order chi connectivity index (χ0) is 19.3. The van der Waals surface area contributed by atoms with Gasteiger partial charge in [0, 0.05) is 5.56 Å². The molecule has 0 radical (unpaired) electrons. The second-order valence-corrected chi connectivity index (χ2v) is 6.38. The molecule has 0 bridgehead atoms. The molecule has 0 fully saturated rings. The first-order valence-electron chi connectivity index (χ1n) is 8.71. The van der Waals surface area contributed by atoms with Gasteiger partial charge >= 0.3 is 0 Å². The Labute approximate surface area is 157 Å². The van der Waals surface area contributed by atoms with Crippen molar-refractivity contribution < 1.29 is 23.9 Å². The fraction of sp³-hybridized carbons (Fsp3) is 0.182. The van der Waals surface area contributed by atoms with Crippen molar-refractivity contribution in [2.45, 2.75) is 12.1 Å². The third kappa shape index (κ3) is 4.32. The van der Waals surface area contributed by atoms with Crippen LogP contribution in [-0.4, -0.2) is 18.8 Å². The second-order valence-electron chi connectivity index (χ2n) is 6.38. The van der Waals surface area contributed by atoms with Gasteiger partial charge in [0.05, 0.1) is 7.11 Å². The summed E-state index contributed by atoms with van der Waals surface area (Å²) in [5.74, 6) is 0.0252. The van der Waals surface area contributed by atoms with Crippen molar-refractivity contribution in [1.82, 2.24) is 0 Å². The Morgan fingerprint density at radius 1 is 0.852 bits per heavy atom. The molecule has 3 aromatic rings. The summed E-state index contributed by atoms with van der Waals surface area (Å²) in [6, 6.07) is 19.1. The highest BCUT2D eigenvalue weighted by molar-refractivity contribution is 5.36. The van der Waals surface area contributed by atoms with Crippen LogP contribution in [0.4, 0.5) is 8.78 Å². The first-order chi connectivity index (χ1) is 13.0. The van der Waals surface area contributed by atoms with E-state index in [1.165, 1.54) is 24.3 Å². The average molecular weight is 370 g/mol. The van der Waals surface area contributed by atoms with Gasteiger partial charge in [-0.15, -0.1) is 0 Å². The van der Waals surface area contributed by atoms with Crippen molar-refractivity contribution in [1.29, 1.82) is 0 Å². The molecule has 3 N–H and O–H groups in total. The Morgan fingerprint density at radius 3 is 1.89 bits per heavy atom. The first kappa shape index (κ1) is 19.0. The molecule has 3 rings (SSSR count). The lowest BCUT2D eigenvalue weighted by Gasteiger charge is -2.28. The van der Waals surface area contributed by atoms with Crippen LogP contribution < -0.4 is 10.1 Å². The summed E-state index contributed by atoms with van der Waals surface area (Å²) >= 11 is 0. The molecule has 0 spiro atoms. The molecule has 5 heteroatoms. The molecule has 0 atom stereocenters. The molecule has 3 nitrogen and oxygen atoms in total. The van der Waals surface area contributed by atoms with Crippen molar-refractivity contribution in [3.8, 4) is 5.75 Å². The fourth-order valence-corrected chi connectivity index (χ4v) is 3.16. The zero-order valence-electron chi connectivity index (χ0n) is 15.0. The highest BCUT2D eigenvalue weighted by Crippen LogP contribution is 2.29. The van der Waals surface area contributed by atoms with Crippen LogP contribution in [0.5, 0.6) is 5.75 Å². The number of para-hydroxylation sites is 1. The first-order valence-corrected chi connectivity index (χ1v) is 8.71. The topological polar surface area (TPSA) is 46.1 Å². The van der Waals surface area contributed by atoms with E-state index in [-0.39, 0.29) is 18.2 Å². The molecular weight excluding hydrogens is 348 g/mol. The van der Waals surface area contributed by atoms with Crippen LogP contribution in [0.25, 0.3) is 0 Å². The minimum Gasteiger partial charge on any atom is -0.496 e. The van der Waals surface area contributed by atoms with E-state index in [0.29, 0.717) is 17.7 Å². The quantitative estimate of drug-likeness (QED) is 0.672. The number of ether oxygens (including phenoxy) is 1. The molecule has 0 saturated carbocycles. The Bertz CT molecular complexity index is 834. The van der Waals surface area contributed by atoms with Gasteiger partial charge in [0.2, 0.25) is 0 Å². The molecule has 0 saturated heterocycles. The molecule has 0 unspecified atom stereocenters. The Hall–Kier alpha value is -2.76. The van der Waals surface area contributed by atoms with Crippen LogP contribution in [0.3, 0.4) is 0 Å². The summed E-state index contributed by atoms with van der Waals surface area (Å²) < 4.78 is 32.0. The van der Waals surface area contributed by atoms with E-state index in [9.17, 15) is 13.9 Å². The molecule has 0 aliphatic heterocycles. The highest BCUT2D eigenvalue weighted by atomic mass is 19.1. The summed E-state index contributed by atoms with van der Waals surface area (Å²) in [6.07, 6.45) is 0. The van der Waals surface area contributed by atoms with Crippen molar-refractivity contribution >= 4 is 0 Å². The maximum Gasteiger partial charge on any atom is 0.163 e. The van der Waals surface area contributed by atoms with Gasteiger partial charge < -0.3 is 15.2 Å². The number of methoxy groups -OCH3 is 1. The summed E-state index contributed by atoms with van der Waals surface area (Å²) in [5.41, 5.74) is 0.711. The van der Waals surface area contributed by atoms with Crippen LogP contribution in [-0.2, 0) is 12.1 Å². The van der Waals surface area contributed by atoms with E-state index >= 15 is 0 Å². The lowest BCUT2D eigenvalue weighted by atomic mass is 9.86. The van der Waals surface area contributed by atoms with Crippen LogP contribution in [0.15, 0.2) is 72.8 Å². The van der Waals surface area contributed by atoms with Gasteiger partial charge in [-0.05, 0) is 47.5 Å². The van der Waals surface area contributed by atoms with E-state index in [1.807, 2.05) is 29.6 Å². The number of hydrogen-bond donors (Lipinski definition) is 2. The molecule has 0 aliphatic rings. The Morgan fingerprint density at radius 2 is 1.37 bits per heavy atom. The second kappa shape index (κ2) is 8.29. The zero-order valence-corrected chi connectivity index (χ0v) is 15.0. The van der Waals surface area contributed by atoms with Crippen molar-refractivity contribution in [3.05, 3.63) is 101 Å². The number of quaternary nitrogens is 1. The molecule has 27 heavy (non-hydrogen) atoms. The van der Waals surface area contributed by atoms with E-state index in [1.54, 1.807) is 31.4 Å². The maximum atomic E-state index is 13.3.